The Morgan fingerprint density at radius 3 is 2.71 bits per heavy atom. The molecule has 1 amide bonds. The summed E-state index contributed by atoms with van der Waals surface area (Å²) in [4.78, 5) is 14.1. The number of fused-ring (bicyclic) bond motifs is 1. The van der Waals surface area contributed by atoms with Gasteiger partial charge in [0, 0.05) is 13.6 Å². The van der Waals surface area contributed by atoms with Crippen LogP contribution in [0.15, 0.2) is 58.1 Å². The Balaban J connectivity index is 1.63. The first kappa shape index (κ1) is 16.9. The van der Waals surface area contributed by atoms with Crippen LogP contribution in [-0.2, 0) is 11.3 Å². The molecule has 0 saturated heterocycles. The summed E-state index contributed by atoms with van der Waals surface area (Å²) in [6.45, 7) is 0.617. The highest BCUT2D eigenvalue weighted by Gasteiger charge is 2.10. The molecule has 0 aliphatic heterocycles. The van der Waals surface area contributed by atoms with E-state index in [2.05, 4.69) is 18.2 Å². The van der Waals surface area contributed by atoms with Crippen molar-refractivity contribution in [2.45, 2.75) is 10.8 Å². The molecule has 0 spiro atoms. The van der Waals surface area contributed by atoms with Crippen LogP contribution in [0.25, 0.3) is 10.8 Å². The zero-order valence-corrected chi connectivity index (χ0v) is 15.3. The normalized spacial score (nSPS) is 10.8. The number of nitrogens with zero attached hydrogens (tertiary/aromatic N) is 1. The number of methoxy groups -OCH3 is 1. The number of rotatable bonds is 6. The lowest BCUT2D eigenvalue weighted by Crippen LogP contribution is -2.27. The first-order valence-corrected chi connectivity index (χ1v) is 9.49. The van der Waals surface area contributed by atoms with Crippen LogP contribution in [0.1, 0.15) is 5.56 Å². The number of thioether (sulfide) groups is 1. The standard InChI is InChI=1S/C19H19NO2S2/c1-20(18(21)13-24-19-4-3-9-23-19)12-14-5-6-16-11-17(22-2)8-7-15(16)10-14/h3-11H,12-13H2,1-2H3. The van der Waals surface area contributed by atoms with E-state index in [1.165, 1.54) is 4.21 Å². The molecular weight excluding hydrogens is 338 g/mol. The first-order valence-electron chi connectivity index (χ1n) is 7.62. The maximum absolute atomic E-state index is 12.3. The molecule has 0 aliphatic rings. The molecule has 0 N–H and O–H groups in total. The van der Waals surface area contributed by atoms with Crippen LogP contribution in [0.4, 0.5) is 0 Å². The van der Waals surface area contributed by atoms with Crippen LogP contribution < -0.4 is 4.74 Å². The summed E-state index contributed by atoms with van der Waals surface area (Å²) in [5.74, 6) is 1.47. The van der Waals surface area contributed by atoms with E-state index < -0.39 is 0 Å². The van der Waals surface area contributed by atoms with Crippen molar-refractivity contribution in [3.8, 4) is 5.75 Å². The molecule has 3 rings (SSSR count). The minimum Gasteiger partial charge on any atom is -0.497 e. The summed E-state index contributed by atoms with van der Waals surface area (Å²) in [5.41, 5.74) is 1.13. The second kappa shape index (κ2) is 7.73. The fourth-order valence-electron chi connectivity index (χ4n) is 2.45. The maximum Gasteiger partial charge on any atom is 0.233 e. The summed E-state index contributed by atoms with van der Waals surface area (Å²) in [6, 6.07) is 16.3. The van der Waals surface area contributed by atoms with Crippen molar-refractivity contribution in [3.05, 3.63) is 59.5 Å². The van der Waals surface area contributed by atoms with Gasteiger partial charge >= 0.3 is 0 Å². The molecule has 3 nitrogen and oxygen atoms in total. The molecule has 0 unspecified atom stereocenters. The topological polar surface area (TPSA) is 29.5 Å². The van der Waals surface area contributed by atoms with E-state index >= 15 is 0 Å². The SMILES string of the molecule is COc1ccc2cc(CN(C)C(=O)CSc3cccs3)ccc2c1. The van der Waals surface area contributed by atoms with Crippen LogP contribution in [0.3, 0.4) is 0 Å². The fourth-order valence-corrected chi connectivity index (χ4v) is 4.17. The van der Waals surface area contributed by atoms with Crippen LogP contribution in [0.5, 0.6) is 5.75 Å². The maximum atomic E-state index is 12.3. The van der Waals surface area contributed by atoms with Crippen molar-refractivity contribution >= 4 is 39.8 Å². The molecular formula is C19H19NO2S2. The predicted molar refractivity (Wildman–Crippen MR) is 102 cm³/mol. The summed E-state index contributed by atoms with van der Waals surface area (Å²) < 4.78 is 6.43. The molecule has 3 aromatic rings. The number of carbonyl (C=O) groups excluding carboxylic acids is 1. The largest absolute Gasteiger partial charge is 0.497 e. The molecule has 1 heterocycles. The first-order chi connectivity index (χ1) is 11.7. The van der Waals surface area contributed by atoms with Crippen LogP contribution in [-0.4, -0.2) is 30.7 Å². The van der Waals surface area contributed by atoms with Crippen molar-refractivity contribution in [2.75, 3.05) is 19.9 Å². The molecule has 2 aromatic carbocycles. The number of hydrogen-bond donors (Lipinski definition) is 0. The van der Waals surface area contributed by atoms with Gasteiger partial charge in [-0.15, -0.1) is 23.1 Å². The molecule has 1 aromatic heterocycles. The number of thiophene rings is 1. The Morgan fingerprint density at radius 2 is 1.96 bits per heavy atom. The predicted octanol–water partition coefficient (Wildman–Crippen LogP) is 4.66. The monoisotopic (exact) mass is 357 g/mol. The molecule has 124 valence electrons. The third-order valence-electron chi connectivity index (χ3n) is 3.79. The quantitative estimate of drug-likeness (QED) is 0.601. The van der Waals surface area contributed by atoms with Crippen LogP contribution >= 0.6 is 23.1 Å². The third-order valence-corrected chi connectivity index (χ3v) is 5.91. The van der Waals surface area contributed by atoms with Gasteiger partial charge in [0.2, 0.25) is 5.91 Å². The number of ether oxygens (including phenoxy) is 1. The Bertz CT molecular complexity index is 831. The smallest absolute Gasteiger partial charge is 0.233 e. The van der Waals surface area contributed by atoms with Gasteiger partial charge in [-0.25, -0.2) is 0 Å². The van der Waals surface area contributed by atoms with Gasteiger partial charge in [-0.05, 0) is 46.0 Å². The van der Waals surface area contributed by atoms with E-state index in [9.17, 15) is 4.79 Å². The number of benzene rings is 2. The fraction of sp³-hybridized carbons (Fsp3) is 0.211. The zero-order chi connectivity index (χ0) is 16.9. The summed E-state index contributed by atoms with van der Waals surface area (Å²) in [7, 11) is 3.53. The highest BCUT2D eigenvalue weighted by atomic mass is 32.2. The Morgan fingerprint density at radius 1 is 1.17 bits per heavy atom. The highest BCUT2D eigenvalue weighted by molar-refractivity contribution is 8.01. The summed E-state index contributed by atoms with van der Waals surface area (Å²) in [5, 5.41) is 4.32. The van der Waals surface area contributed by atoms with E-state index in [1.807, 2.05) is 42.8 Å². The average Bonchev–Trinajstić information content (AvgIpc) is 3.12. The molecule has 24 heavy (non-hydrogen) atoms. The Kier molecular flexibility index (Phi) is 5.43. The van der Waals surface area contributed by atoms with Gasteiger partial charge in [-0.1, -0.05) is 24.3 Å². The van der Waals surface area contributed by atoms with Crippen molar-refractivity contribution in [1.82, 2.24) is 4.90 Å². The van der Waals surface area contributed by atoms with Gasteiger partial charge in [0.25, 0.3) is 0 Å². The van der Waals surface area contributed by atoms with Crippen LogP contribution in [0.2, 0.25) is 0 Å². The van der Waals surface area contributed by atoms with E-state index in [0.717, 1.165) is 22.1 Å². The van der Waals surface area contributed by atoms with Gasteiger partial charge in [-0.2, -0.15) is 0 Å². The molecule has 0 saturated carbocycles. The van der Waals surface area contributed by atoms with Gasteiger partial charge in [0.05, 0.1) is 17.1 Å². The lowest BCUT2D eigenvalue weighted by molar-refractivity contribution is -0.127. The van der Waals surface area contributed by atoms with Crippen molar-refractivity contribution in [1.29, 1.82) is 0 Å². The van der Waals surface area contributed by atoms with Crippen molar-refractivity contribution in [2.24, 2.45) is 0 Å². The second-order valence-electron chi connectivity index (χ2n) is 5.52. The van der Waals surface area contributed by atoms with Gasteiger partial charge in [0.1, 0.15) is 5.75 Å². The number of amides is 1. The lowest BCUT2D eigenvalue weighted by atomic mass is 10.1. The van der Waals surface area contributed by atoms with Crippen molar-refractivity contribution < 1.29 is 9.53 Å². The highest BCUT2D eigenvalue weighted by Crippen LogP contribution is 2.24. The minimum atomic E-state index is 0.142. The molecule has 0 fully saturated rings. The van der Waals surface area contributed by atoms with Crippen molar-refractivity contribution in [3.63, 3.8) is 0 Å². The van der Waals surface area contributed by atoms with Gasteiger partial charge in [0.15, 0.2) is 0 Å². The average molecular weight is 358 g/mol. The lowest BCUT2D eigenvalue weighted by Gasteiger charge is -2.17. The second-order valence-corrected chi connectivity index (χ2v) is 7.74. The van der Waals surface area contributed by atoms with Crippen LogP contribution in [0, 0.1) is 0 Å². The number of carbonyl (C=O) groups is 1. The molecule has 0 aliphatic carbocycles. The third kappa shape index (κ3) is 4.10. The van der Waals surface area contributed by atoms with E-state index in [4.69, 9.17) is 4.74 Å². The van der Waals surface area contributed by atoms with Gasteiger partial charge < -0.3 is 9.64 Å². The summed E-state index contributed by atoms with van der Waals surface area (Å²) in [6.07, 6.45) is 0. The Labute approximate surface area is 150 Å². The molecule has 5 heteroatoms. The zero-order valence-electron chi connectivity index (χ0n) is 13.7. The minimum absolute atomic E-state index is 0.142. The van der Waals surface area contributed by atoms with E-state index in [1.54, 1.807) is 35.1 Å². The van der Waals surface area contributed by atoms with E-state index in [-0.39, 0.29) is 5.91 Å². The van der Waals surface area contributed by atoms with Gasteiger partial charge in [-0.3, -0.25) is 4.79 Å². The molecule has 0 radical (unpaired) electrons. The summed E-state index contributed by atoms with van der Waals surface area (Å²) >= 11 is 3.26. The Hall–Kier alpha value is -1.98. The number of hydrogen-bond acceptors (Lipinski definition) is 4. The molecule has 0 bridgehead atoms. The van der Waals surface area contributed by atoms with E-state index in [0.29, 0.717) is 12.3 Å². The molecule has 0 atom stereocenters.